The first-order chi connectivity index (χ1) is 12.5. The van der Waals surface area contributed by atoms with Crippen LogP contribution < -0.4 is 9.47 Å². The van der Waals surface area contributed by atoms with Crippen LogP contribution in [-0.4, -0.2) is 36.9 Å². The summed E-state index contributed by atoms with van der Waals surface area (Å²) in [5, 5.41) is 2.87. The molecule has 2 heterocycles. The lowest BCUT2D eigenvalue weighted by Crippen LogP contribution is -2.36. The fourth-order valence-corrected chi connectivity index (χ4v) is 4.08. The van der Waals surface area contributed by atoms with Gasteiger partial charge in [0.25, 0.3) is 0 Å². The second-order valence-corrected chi connectivity index (χ2v) is 6.71. The Labute approximate surface area is 157 Å². The standard InChI is InChI=1S/C19H22N2O4S/c1-6-25-18(22)16-12(3)20-19-21(11(2)10-26-19)17(16)14-8-7-13(23-4)9-15(14)24-5/h7-10,17H,6H2,1-5H3. The minimum atomic E-state index is -0.367. The quantitative estimate of drug-likeness (QED) is 0.730. The van der Waals surface area contributed by atoms with E-state index in [1.165, 1.54) is 0 Å². The van der Waals surface area contributed by atoms with Gasteiger partial charge in [-0.2, -0.15) is 0 Å². The predicted molar refractivity (Wildman–Crippen MR) is 102 cm³/mol. The average Bonchev–Trinajstić information content (AvgIpc) is 3.00. The number of methoxy groups -OCH3 is 2. The Hall–Kier alpha value is -2.41. The average molecular weight is 374 g/mol. The summed E-state index contributed by atoms with van der Waals surface area (Å²) >= 11 is 1.55. The van der Waals surface area contributed by atoms with Gasteiger partial charge in [0.2, 0.25) is 0 Å². The van der Waals surface area contributed by atoms with Crippen molar-refractivity contribution in [3.63, 3.8) is 0 Å². The highest BCUT2D eigenvalue weighted by Gasteiger charge is 2.40. The van der Waals surface area contributed by atoms with Crippen molar-refractivity contribution < 1.29 is 19.0 Å². The number of thioether (sulfide) groups is 1. The van der Waals surface area contributed by atoms with E-state index in [4.69, 9.17) is 14.2 Å². The van der Waals surface area contributed by atoms with Crippen LogP contribution in [0.5, 0.6) is 11.5 Å². The first-order valence-electron chi connectivity index (χ1n) is 8.33. The van der Waals surface area contributed by atoms with Gasteiger partial charge in [-0.05, 0) is 38.3 Å². The lowest BCUT2D eigenvalue weighted by atomic mass is 9.93. The zero-order valence-corrected chi connectivity index (χ0v) is 16.3. The number of benzene rings is 1. The van der Waals surface area contributed by atoms with Crippen LogP contribution in [0.1, 0.15) is 32.4 Å². The largest absolute Gasteiger partial charge is 0.497 e. The van der Waals surface area contributed by atoms with Crippen molar-refractivity contribution in [2.45, 2.75) is 26.8 Å². The number of nitrogens with zero attached hydrogens (tertiary/aromatic N) is 2. The van der Waals surface area contributed by atoms with Crippen molar-refractivity contribution in [3.05, 3.63) is 46.1 Å². The van der Waals surface area contributed by atoms with E-state index >= 15 is 0 Å². The van der Waals surface area contributed by atoms with Crippen LogP contribution in [0.3, 0.4) is 0 Å². The summed E-state index contributed by atoms with van der Waals surface area (Å²) in [4.78, 5) is 19.4. The summed E-state index contributed by atoms with van der Waals surface area (Å²) < 4.78 is 16.2. The summed E-state index contributed by atoms with van der Waals surface area (Å²) in [5.74, 6) is 0.979. The molecule has 0 N–H and O–H groups in total. The fraction of sp³-hybridized carbons (Fsp3) is 0.368. The molecule has 26 heavy (non-hydrogen) atoms. The van der Waals surface area contributed by atoms with Gasteiger partial charge < -0.3 is 19.1 Å². The fourth-order valence-electron chi connectivity index (χ4n) is 3.13. The minimum absolute atomic E-state index is 0.308. The van der Waals surface area contributed by atoms with Crippen LogP contribution in [0, 0.1) is 0 Å². The maximum atomic E-state index is 12.7. The first-order valence-corrected chi connectivity index (χ1v) is 9.20. The zero-order valence-electron chi connectivity index (χ0n) is 15.5. The number of amidine groups is 1. The summed E-state index contributed by atoms with van der Waals surface area (Å²) in [7, 11) is 3.22. The van der Waals surface area contributed by atoms with Gasteiger partial charge in [-0.25, -0.2) is 9.79 Å². The van der Waals surface area contributed by atoms with Crippen molar-refractivity contribution in [3.8, 4) is 11.5 Å². The molecule has 0 aromatic heterocycles. The van der Waals surface area contributed by atoms with Crippen LogP contribution >= 0.6 is 11.8 Å². The van der Waals surface area contributed by atoms with E-state index in [9.17, 15) is 4.79 Å². The SMILES string of the molecule is CCOC(=O)C1=C(C)N=C2SC=C(C)N2C1c1ccc(OC)cc1OC. The molecule has 1 aromatic rings. The predicted octanol–water partition coefficient (Wildman–Crippen LogP) is 3.86. The smallest absolute Gasteiger partial charge is 0.338 e. The van der Waals surface area contributed by atoms with Gasteiger partial charge >= 0.3 is 5.97 Å². The first kappa shape index (κ1) is 18.4. The third-order valence-corrected chi connectivity index (χ3v) is 5.29. The molecule has 2 aliphatic heterocycles. The third kappa shape index (κ3) is 3.07. The van der Waals surface area contributed by atoms with Crippen LogP contribution in [0.2, 0.25) is 0 Å². The van der Waals surface area contributed by atoms with Gasteiger partial charge in [-0.15, -0.1) is 0 Å². The topological polar surface area (TPSA) is 60.4 Å². The molecule has 0 radical (unpaired) electrons. The van der Waals surface area contributed by atoms with Crippen LogP contribution in [0.25, 0.3) is 0 Å². The van der Waals surface area contributed by atoms with Crippen LogP contribution in [0.4, 0.5) is 0 Å². The summed E-state index contributed by atoms with van der Waals surface area (Å²) in [5.41, 5.74) is 3.06. The lowest BCUT2D eigenvalue weighted by molar-refractivity contribution is -0.139. The number of esters is 1. The van der Waals surface area contributed by atoms with Crippen LogP contribution in [-0.2, 0) is 9.53 Å². The Morgan fingerprint density at radius 1 is 1.27 bits per heavy atom. The molecular formula is C19H22N2O4S. The number of carbonyl (C=O) groups is 1. The van der Waals surface area contributed by atoms with Crippen molar-refractivity contribution >= 4 is 22.9 Å². The maximum Gasteiger partial charge on any atom is 0.338 e. The molecular weight excluding hydrogens is 352 g/mol. The van der Waals surface area contributed by atoms with Gasteiger partial charge in [0, 0.05) is 17.3 Å². The number of carbonyl (C=O) groups excluding carboxylic acids is 1. The molecule has 2 aliphatic rings. The molecule has 3 rings (SSSR count). The number of hydrogen-bond donors (Lipinski definition) is 0. The van der Waals surface area contributed by atoms with Crippen molar-refractivity contribution in [2.75, 3.05) is 20.8 Å². The molecule has 0 amide bonds. The number of rotatable bonds is 5. The Bertz CT molecular complexity index is 829. The Balaban J connectivity index is 2.18. The van der Waals surface area contributed by atoms with E-state index in [-0.39, 0.29) is 12.0 Å². The molecule has 0 spiro atoms. The number of allylic oxidation sites excluding steroid dienone is 2. The molecule has 0 fully saturated rings. The molecule has 0 saturated carbocycles. The van der Waals surface area contributed by atoms with E-state index in [0.29, 0.717) is 29.4 Å². The molecule has 0 saturated heterocycles. The summed E-state index contributed by atoms with van der Waals surface area (Å²) in [6.45, 7) is 5.95. The normalized spacial score (nSPS) is 19.0. The second-order valence-electron chi connectivity index (χ2n) is 5.87. The lowest BCUT2D eigenvalue weighted by Gasteiger charge is -2.36. The molecule has 1 atom stereocenters. The van der Waals surface area contributed by atoms with E-state index < -0.39 is 0 Å². The maximum absolute atomic E-state index is 12.7. The van der Waals surface area contributed by atoms with E-state index in [1.807, 2.05) is 42.4 Å². The van der Waals surface area contributed by atoms with Crippen molar-refractivity contribution in [1.29, 1.82) is 0 Å². The minimum Gasteiger partial charge on any atom is -0.497 e. The molecule has 6 nitrogen and oxygen atoms in total. The van der Waals surface area contributed by atoms with Gasteiger partial charge in [0.1, 0.15) is 11.5 Å². The van der Waals surface area contributed by atoms with Gasteiger partial charge in [0.05, 0.1) is 38.1 Å². The van der Waals surface area contributed by atoms with Gasteiger partial charge in [0.15, 0.2) is 5.17 Å². The Morgan fingerprint density at radius 2 is 2.04 bits per heavy atom. The van der Waals surface area contributed by atoms with E-state index in [0.717, 1.165) is 16.4 Å². The zero-order chi connectivity index (χ0) is 18.8. The highest BCUT2D eigenvalue weighted by Crippen LogP contribution is 2.46. The number of fused-ring (bicyclic) bond motifs is 1. The molecule has 7 heteroatoms. The van der Waals surface area contributed by atoms with E-state index in [2.05, 4.69) is 4.99 Å². The number of ether oxygens (including phenoxy) is 3. The van der Waals surface area contributed by atoms with Crippen molar-refractivity contribution in [2.24, 2.45) is 4.99 Å². The highest BCUT2D eigenvalue weighted by atomic mass is 32.2. The number of aliphatic imine (C=N–C) groups is 1. The van der Waals surface area contributed by atoms with Crippen LogP contribution in [0.15, 0.2) is 45.6 Å². The summed E-state index contributed by atoms with van der Waals surface area (Å²) in [6.07, 6.45) is 0. The molecule has 1 unspecified atom stereocenters. The Kier molecular flexibility index (Phi) is 5.27. The molecule has 0 aliphatic carbocycles. The third-order valence-electron chi connectivity index (χ3n) is 4.34. The summed E-state index contributed by atoms with van der Waals surface area (Å²) in [6, 6.07) is 5.24. The second kappa shape index (κ2) is 7.45. The monoisotopic (exact) mass is 374 g/mol. The highest BCUT2D eigenvalue weighted by molar-refractivity contribution is 8.16. The van der Waals surface area contributed by atoms with E-state index in [1.54, 1.807) is 32.9 Å². The number of hydrogen-bond acceptors (Lipinski definition) is 7. The molecule has 138 valence electrons. The van der Waals surface area contributed by atoms with Gasteiger partial charge in [-0.3, -0.25) is 0 Å². The van der Waals surface area contributed by atoms with Crippen molar-refractivity contribution in [1.82, 2.24) is 4.90 Å². The molecule has 1 aromatic carbocycles. The molecule has 0 bridgehead atoms. The van der Waals surface area contributed by atoms with Gasteiger partial charge in [-0.1, -0.05) is 11.8 Å². The Morgan fingerprint density at radius 3 is 2.69 bits per heavy atom.